The van der Waals surface area contributed by atoms with Crippen LogP contribution in [0, 0.1) is 11.8 Å². The van der Waals surface area contributed by atoms with E-state index in [1.807, 2.05) is 13.0 Å². The molecule has 2 aliphatic heterocycles. The SMILES string of the molecule is C[C@]12CC(=O)[C@@H]3C[C@H]1O[C@H](O2)[C@H]3COC(=O)c1ccccc1. The number of Topliss-reactive ketones (excluding diaryl/α,β-unsaturated/α-hetero) is 1. The number of rotatable bonds is 3. The lowest BCUT2D eigenvalue weighted by atomic mass is 9.72. The molecule has 2 heterocycles. The van der Waals surface area contributed by atoms with Crippen molar-refractivity contribution in [2.24, 2.45) is 11.8 Å². The van der Waals surface area contributed by atoms with Crippen molar-refractivity contribution in [3.63, 3.8) is 0 Å². The Hall–Kier alpha value is -1.72. The van der Waals surface area contributed by atoms with E-state index < -0.39 is 11.9 Å². The summed E-state index contributed by atoms with van der Waals surface area (Å²) in [4.78, 5) is 24.4. The van der Waals surface area contributed by atoms with Crippen molar-refractivity contribution in [2.45, 2.75) is 37.8 Å². The Morgan fingerprint density at radius 2 is 2.14 bits per heavy atom. The number of carbonyl (C=O) groups excluding carboxylic acids is 2. The van der Waals surface area contributed by atoms with Crippen LogP contribution >= 0.6 is 0 Å². The number of hydrogen-bond donors (Lipinski definition) is 0. The van der Waals surface area contributed by atoms with Crippen molar-refractivity contribution in [1.29, 1.82) is 0 Å². The topological polar surface area (TPSA) is 61.8 Å². The van der Waals surface area contributed by atoms with Crippen LogP contribution in [0.2, 0.25) is 0 Å². The number of esters is 1. The van der Waals surface area contributed by atoms with Gasteiger partial charge in [-0.15, -0.1) is 0 Å². The van der Waals surface area contributed by atoms with Gasteiger partial charge in [-0.05, 0) is 25.5 Å². The highest BCUT2D eigenvalue weighted by molar-refractivity contribution is 5.89. The monoisotopic (exact) mass is 302 g/mol. The zero-order valence-electron chi connectivity index (χ0n) is 12.4. The van der Waals surface area contributed by atoms with Crippen LogP contribution in [0.4, 0.5) is 0 Å². The maximum atomic E-state index is 12.3. The molecule has 2 saturated heterocycles. The van der Waals surface area contributed by atoms with Gasteiger partial charge in [0.1, 0.15) is 18.0 Å². The summed E-state index contributed by atoms with van der Waals surface area (Å²) in [7, 11) is 0. The fourth-order valence-electron chi connectivity index (χ4n) is 3.79. The van der Waals surface area contributed by atoms with Gasteiger partial charge in [0.25, 0.3) is 0 Å². The van der Waals surface area contributed by atoms with Gasteiger partial charge in [-0.2, -0.15) is 0 Å². The van der Waals surface area contributed by atoms with Gasteiger partial charge in [0.2, 0.25) is 0 Å². The van der Waals surface area contributed by atoms with Crippen molar-refractivity contribution in [3.8, 4) is 0 Å². The fourth-order valence-corrected chi connectivity index (χ4v) is 3.79. The Kier molecular flexibility index (Phi) is 3.09. The third kappa shape index (κ3) is 2.08. The summed E-state index contributed by atoms with van der Waals surface area (Å²) in [5.41, 5.74) is 0.00298. The average molecular weight is 302 g/mol. The Morgan fingerprint density at radius 3 is 2.91 bits per heavy atom. The lowest BCUT2D eigenvalue weighted by molar-refractivity contribution is -0.160. The summed E-state index contributed by atoms with van der Waals surface area (Å²) in [5.74, 6) is -0.511. The first kappa shape index (κ1) is 13.9. The molecule has 1 aromatic rings. The second-order valence-electron chi connectivity index (χ2n) is 6.54. The van der Waals surface area contributed by atoms with E-state index in [2.05, 4.69) is 0 Å². The lowest BCUT2D eigenvalue weighted by Crippen LogP contribution is -2.50. The van der Waals surface area contributed by atoms with E-state index in [0.717, 1.165) is 0 Å². The summed E-state index contributed by atoms with van der Waals surface area (Å²) >= 11 is 0. The number of carbonyl (C=O) groups is 2. The second-order valence-corrected chi connectivity index (χ2v) is 6.54. The maximum Gasteiger partial charge on any atom is 0.338 e. The van der Waals surface area contributed by atoms with E-state index >= 15 is 0 Å². The van der Waals surface area contributed by atoms with Crippen LogP contribution in [0.1, 0.15) is 30.1 Å². The summed E-state index contributed by atoms with van der Waals surface area (Å²) in [6.07, 6.45) is 0.603. The second kappa shape index (κ2) is 4.89. The number of ketones is 1. The largest absolute Gasteiger partial charge is 0.462 e. The molecule has 22 heavy (non-hydrogen) atoms. The summed E-state index contributed by atoms with van der Waals surface area (Å²) < 4.78 is 17.2. The Balaban J connectivity index is 1.47. The minimum atomic E-state index is -0.504. The molecule has 3 aliphatic rings. The molecule has 0 spiro atoms. The smallest absolute Gasteiger partial charge is 0.338 e. The molecule has 1 aliphatic carbocycles. The Bertz CT molecular complexity index is 613. The molecular formula is C17H18O5. The molecule has 116 valence electrons. The molecular weight excluding hydrogens is 284 g/mol. The quantitative estimate of drug-likeness (QED) is 0.799. The molecule has 5 nitrogen and oxygen atoms in total. The molecule has 5 heteroatoms. The van der Waals surface area contributed by atoms with E-state index in [9.17, 15) is 9.59 Å². The summed E-state index contributed by atoms with van der Waals surface area (Å²) in [6, 6.07) is 8.84. The van der Waals surface area contributed by atoms with Crippen LogP contribution in [0.25, 0.3) is 0 Å². The van der Waals surface area contributed by atoms with Crippen molar-refractivity contribution in [3.05, 3.63) is 35.9 Å². The number of benzene rings is 1. The number of fused-ring (bicyclic) bond motifs is 2. The molecule has 0 N–H and O–H groups in total. The standard InChI is InChI=1S/C17H18O5/c1-17-8-13(18)11-7-14(17)21-16(22-17)12(11)9-20-15(19)10-5-3-2-4-6-10/h2-6,11-12,14,16H,7-9H2,1H3/t11-,12+,14-,16-,17+/m1/s1. The minimum Gasteiger partial charge on any atom is -0.462 e. The molecule has 5 atom stereocenters. The van der Waals surface area contributed by atoms with Crippen molar-refractivity contribution >= 4 is 11.8 Å². The maximum absolute atomic E-state index is 12.3. The third-order valence-corrected chi connectivity index (χ3v) is 5.05. The Labute approximate surface area is 128 Å². The highest BCUT2D eigenvalue weighted by atomic mass is 16.7. The highest BCUT2D eigenvalue weighted by Gasteiger charge is 2.61. The van der Waals surface area contributed by atoms with Gasteiger partial charge in [-0.25, -0.2) is 4.79 Å². The van der Waals surface area contributed by atoms with Gasteiger partial charge < -0.3 is 14.2 Å². The molecule has 0 radical (unpaired) electrons. The normalized spacial score (nSPS) is 39.0. The third-order valence-electron chi connectivity index (χ3n) is 5.05. The van der Waals surface area contributed by atoms with Gasteiger partial charge in [-0.3, -0.25) is 4.79 Å². The molecule has 3 bridgehead atoms. The van der Waals surface area contributed by atoms with Crippen LogP contribution in [0.3, 0.4) is 0 Å². The van der Waals surface area contributed by atoms with E-state index in [0.29, 0.717) is 18.4 Å². The zero-order chi connectivity index (χ0) is 15.3. The predicted molar refractivity (Wildman–Crippen MR) is 76.1 cm³/mol. The van der Waals surface area contributed by atoms with E-state index in [1.54, 1.807) is 24.3 Å². The fraction of sp³-hybridized carbons (Fsp3) is 0.529. The van der Waals surface area contributed by atoms with Crippen LogP contribution in [0.5, 0.6) is 0 Å². The lowest BCUT2D eigenvalue weighted by Gasteiger charge is -2.39. The Morgan fingerprint density at radius 1 is 1.36 bits per heavy atom. The van der Waals surface area contributed by atoms with Gasteiger partial charge in [0, 0.05) is 12.3 Å². The first-order valence-electron chi connectivity index (χ1n) is 7.65. The van der Waals surface area contributed by atoms with Gasteiger partial charge in [0.05, 0.1) is 17.6 Å². The first-order chi connectivity index (χ1) is 10.6. The van der Waals surface area contributed by atoms with Gasteiger partial charge >= 0.3 is 5.97 Å². The highest BCUT2D eigenvalue weighted by Crippen LogP contribution is 2.51. The minimum absolute atomic E-state index is 0.0127. The van der Waals surface area contributed by atoms with Crippen molar-refractivity contribution in [1.82, 2.24) is 0 Å². The molecule has 0 unspecified atom stereocenters. The zero-order valence-corrected chi connectivity index (χ0v) is 12.4. The van der Waals surface area contributed by atoms with E-state index in [-0.39, 0.29) is 36.3 Å². The molecule has 4 rings (SSSR count). The van der Waals surface area contributed by atoms with Crippen LogP contribution in [-0.4, -0.2) is 36.4 Å². The molecule has 1 saturated carbocycles. The van der Waals surface area contributed by atoms with Gasteiger partial charge in [0.15, 0.2) is 6.29 Å². The first-order valence-corrected chi connectivity index (χ1v) is 7.65. The van der Waals surface area contributed by atoms with Crippen LogP contribution < -0.4 is 0 Å². The predicted octanol–water partition coefficient (Wildman–Crippen LogP) is 1.95. The summed E-state index contributed by atoms with van der Waals surface area (Å²) in [5, 5.41) is 0. The number of ether oxygens (including phenoxy) is 3. The molecule has 0 aromatic heterocycles. The average Bonchev–Trinajstić information content (AvgIpc) is 2.74. The molecule has 3 fully saturated rings. The van der Waals surface area contributed by atoms with E-state index in [4.69, 9.17) is 14.2 Å². The molecule has 0 amide bonds. The van der Waals surface area contributed by atoms with Crippen LogP contribution in [0.15, 0.2) is 30.3 Å². The summed E-state index contributed by atoms with van der Waals surface area (Å²) in [6.45, 7) is 2.09. The number of hydrogen-bond acceptors (Lipinski definition) is 5. The van der Waals surface area contributed by atoms with Crippen LogP contribution in [-0.2, 0) is 19.0 Å². The van der Waals surface area contributed by atoms with Crippen molar-refractivity contribution < 1.29 is 23.8 Å². The van der Waals surface area contributed by atoms with Crippen molar-refractivity contribution in [2.75, 3.05) is 6.61 Å². The molecule has 1 aromatic carbocycles. The van der Waals surface area contributed by atoms with Gasteiger partial charge in [-0.1, -0.05) is 18.2 Å². The van der Waals surface area contributed by atoms with E-state index in [1.165, 1.54) is 0 Å².